The van der Waals surface area contributed by atoms with Gasteiger partial charge in [0.2, 0.25) is 0 Å². The summed E-state index contributed by atoms with van der Waals surface area (Å²) in [5.74, 6) is -0.490. The van der Waals surface area contributed by atoms with E-state index in [9.17, 15) is 43.2 Å². The van der Waals surface area contributed by atoms with Gasteiger partial charge in [-0.2, -0.15) is 0 Å². The molecule has 0 aromatic carbocycles. The van der Waals surface area contributed by atoms with Crippen LogP contribution in [-0.2, 0) is 65.4 Å². The van der Waals surface area contributed by atoms with Crippen LogP contribution in [0, 0.1) is 11.8 Å². The Morgan fingerprint density at radius 1 is 0.296 bits per heavy atom. The number of carbonyl (C=O) groups excluding carboxylic acids is 4. The molecule has 0 saturated heterocycles. The molecule has 6 atom stereocenters. The summed E-state index contributed by atoms with van der Waals surface area (Å²) in [6, 6.07) is 0. The number of phosphoric acid groups is 2. The third kappa shape index (κ3) is 71.1. The normalized spacial score (nSPS) is 14.2. The van der Waals surface area contributed by atoms with Crippen LogP contribution in [0.5, 0.6) is 0 Å². The number of aliphatic hydroxyl groups is 1. The molecule has 0 radical (unpaired) electrons. The minimum atomic E-state index is -4.96. The molecular weight excluding hydrogens is 1280 g/mol. The number of hydrogen-bond acceptors (Lipinski definition) is 15. The molecule has 0 aliphatic heterocycles. The van der Waals surface area contributed by atoms with Crippen LogP contribution in [0.25, 0.3) is 0 Å². The summed E-state index contributed by atoms with van der Waals surface area (Å²) < 4.78 is 68.6. The van der Waals surface area contributed by atoms with Gasteiger partial charge in [-0.05, 0) is 37.5 Å². The topological polar surface area (TPSA) is 237 Å². The lowest BCUT2D eigenvalue weighted by Gasteiger charge is -2.21. The fourth-order valence-corrected chi connectivity index (χ4v) is 13.7. The Labute approximate surface area is 600 Å². The van der Waals surface area contributed by atoms with Crippen LogP contribution in [0.15, 0.2) is 0 Å². The predicted octanol–water partition coefficient (Wildman–Crippen LogP) is 23.5. The number of phosphoric ester groups is 2. The molecule has 582 valence electrons. The smallest absolute Gasteiger partial charge is 0.462 e. The molecule has 0 rings (SSSR count). The fourth-order valence-electron chi connectivity index (χ4n) is 12.2. The number of aliphatic hydroxyl groups excluding tert-OH is 1. The van der Waals surface area contributed by atoms with Crippen LogP contribution in [-0.4, -0.2) is 96.7 Å². The average Bonchev–Trinajstić information content (AvgIpc) is 0.960. The second-order valence-electron chi connectivity index (χ2n) is 29.2. The number of hydrogen-bond donors (Lipinski definition) is 3. The monoisotopic (exact) mass is 1440 g/mol. The molecule has 19 heteroatoms. The highest BCUT2D eigenvalue weighted by molar-refractivity contribution is 7.47. The van der Waals surface area contributed by atoms with Crippen LogP contribution in [0.2, 0.25) is 0 Å². The number of esters is 4. The van der Waals surface area contributed by atoms with Gasteiger partial charge in [0.05, 0.1) is 26.4 Å². The molecular formula is C79H154O17P2. The fraction of sp³-hybridized carbons (Fsp3) is 0.949. The van der Waals surface area contributed by atoms with Gasteiger partial charge in [-0.1, -0.05) is 363 Å². The standard InChI is InChI=1S/C79H154O17P2/c1-7-10-12-14-16-18-19-20-21-22-23-27-33-38-44-50-56-62-77(82)90-68-75(96-78(83)63-57-51-45-39-34-28-25-24-26-32-37-42-48-54-60-72(6)9-3)70-94-98(87,88)92-66-73(80)65-91-97(85,86)93-69-74(67-89-76(81)61-55-49-43-17-15-13-11-8-2)95-79(84)64-58-52-46-40-35-30-29-31-36-41-47-53-59-71(4)5/h71-75,80H,7-70H2,1-6H3,(H,85,86)(H,87,88)/t72?,73-,74+,75+/m0/s1. The molecule has 0 spiro atoms. The molecule has 0 bridgehead atoms. The number of ether oxygens (including phenoxy) is 4. The van der Waals surface area contributed by atoms with Crippen molar-refractivity contribution in [3.05, 3.63) is 0 Å². The molecule has 0 aliphatic carbocycles. The third-order valence-electron chi connectivity index (χ3n) is 18.8. The van der Waals surface area contributed by atoms with Gasteiger partial charge in [-0.3, -0.25) is 37.3 Å². The lowest BCUT2D eigenvalue weighted by molar-refractivity contribution is -0.161. The average molecular weight is 1440 g/mol. The highest BCUT2D eigenvalue weighted by atomic mass is 31.2. The maximum atomic E-state index is 13.1. The van der Waals surface area contributed by atoms with Crippen LogP contribution in [0.4, 0.5) is 0 Å². The zero-order valence-electron chi connectivity index (χ0n) is 64.1. The molecule has 0 aromatic rings. The van der Waals surface area contributed by atoms with E-state index in [-0.39, 0.29) is 25.7 Å². The first-order valence-corrected chi connectivity index (χ1v) is 44.0. The van der Waals surface area contributed by atoms with E-state index >= 15 is 0 Å². The van der Waals surface area contributed by atoms with Crippen molar-refractivity contribution in [3.63, 3.8) is 0 Å². The largest absolute Gasteiger partial charge is 0.472 e. The molecule has 0 saturated carbocycles. The number of rotatable bonds is 78. The molecule has 0 heterocycles. The Kier molecular flexibility index (Phi) is 69.3. The molecule has 3 N–H and O–H groups in total. The molecule has 0 aromatic heterocycles. The van der Waals surface area contributed by atoms with E-state index in [2.05, 4.69) is 41.5 Å². The second kappa shape index (κ2) is 70.7. The first kappa shape index (κ1) is 96.1. The Bertz CT molecular complexity index is 1890. The van der Waals surface area contributed by atoms with E-state index < -0.39 is 97.5 Å². The van der Waals surface area contributed by atoms with Gasteiger partial charge < -0.3 is 33.8 Å². The van der Waals surface area contributed by atoms with Crippen LogP contribution >= 0.6 is 15.6 Å². The van der Waals surface area contributed by atoms with Crippen LogP contribution in [0.1, 0.15) is 414 Å². The van der Waals surface area contributed by atoms with E-state index in [1.807, 2.05) is 0 Å². The van der Waals surface area contributed by atoms with Crippen molar-refractivity contribution in [1.82, 2.24) is 0 Å². The Morgan fingerprint density at radius 2 is 0.520 bits per heavy atom. The van der Waals surface area contributed by atoms with Gasteiger partial charge in [0.15, 0.2) is 12.2 Å². The summed E-state index contributed by atoms with van der Waals surface area (Å²) in [5.41, 5.74) is 0. The minimum Gasteiger partial charge on any atom is -0.462 e. The minimum absolute atomic E-state index is 0.107. The first-order valence-electron chi connectivity index (χ1n) is 41.0. The van der Waals surface area contributed by atoms with Gasteiger partial charge in [-0.25, -0.2) is 9.13 Å². The van der Waals surface area contributed by atoms with Gasteiger partial charge in [-0.15, -0.1) is 0 Å². The van der Waals surface area contributed by atoms with Crippen LogP contribution in [0.3, 0.4) is 0 Å². The third-order valence-corrected chi connectivity index (χ3v) is 20.7. The quantitative estimate of drug-likeness (QED) is 0.0222. The Hall–Kier alpha value is -1.94. The van der Waals surface area contributed by atoms with Crippen molar-refractivity contribution < 1.29 is 80.2 Å². The summed E-state index contributed by atoms with van der Waals surface area (Å²) in [7, 11) is -9.91. The molecule has 3 unspecified atom stereocenters. The number of carbonyl (C=O) groups is 4. The van der Waals surface area contributed by atoms with E-state index in [1.54, 1.807) is 0 Å². The maximum absolute atomic E-state index is 13.1. The summed E-state index contributed by atoms with van der Waals surface area (Å²) in [6.45, 7) is 9.66. The summed E-state index contributed by atoms with van der Waals surface area (Å²) in [6.07, 6.45) is 59.6. The van der Waals surface area contributed by atoms with Crippen molar-refractivity contribution in [3.8, 4) is 0 Å². The highest BCUT2D eigenvalue weighted by Crippen LogP contribution is 2.45. The van der Waals surface area contributed by atoms with Crippen molar-refractivity contribution in [1.29, 1.82) is 0 Å². The maximum Gasteiger partial charge on any atom is 0.472 e. The van der Waals surface area contributed by atoms with Gasteiger partial charge in [0.1, 0.15) is 19.3 Å². The first-order chi connectivity index (χ1) is 47.4. The lowest BCUT2D eigenvalue weighted by atomic mass is 9.99. The van der Waals surface area contributed by atoms with E-state index in [4.69, 9.17) is 37.0 Å². The molecule has 0 fully saturated rings. The van der Waals surface area contributed by atoms with Gasteiger partial charge in [0, 0.05) is 25.7 Å². The van der Waals surface area contributed by atoms with Crippen molar-refractivity contribution in [2.75, 3.05) is 39.6 Å². The van der Waals surface area contributed by atoms with E-state index in [0.717, 1.165) is 108 Å². The molecule has 0 amide bonds. The predicted molar refractivity (Wildman–Crippen MR) is 400 cm³/mol. The second-order valence-corrected chi connectivity index (χ2v) is 32.1. The molecule has 98 heavy (non-hydrogen) atoms. The Morgan fingerprint density at radius 3 is 0.776 bits per heavy atom. The highest BCUT2D eigenvalue weighted by Gasteiger charge is 2.30. The zero-order valence-corrected chi connectivity index (χ0v) is 65.9. The SMILES string of the molecule is CCCCCCCCCCCCCCCCCCCC(=O)OC[C@H](COP(=O)(O)OC[C@@H](O)COP(=O)(O)OC[C@@H](COC(=O)CCCCCCCCCC)OC(=O)CCCCCCCCCCCCCCC(C)C)OC(=O)CCCCCCCCCCCCCCCCC(C)CC. The van der Waals surface area contributed by atoms with Crippen molar-refractivity contribution >= 4 is 39.5 Å². The molecule has 0 aliphatic rings. The lowest BCUT2D eigenvalue weighted by Crippen LogP contribution is -2.30. The number of unbranched alkanes of at least 4 members (excludes halogenated alkanes) is 47. The summed E-state index contributed by atoms with van der Waals surface area (Å²) in [4.78, 5) is 72.9. The zero-order chi connectivity index (χ0) is 72.1. The summed E-state index contributed by atoms with van der Waals surface area (Å²) in [5, 5.41) is 10.6. The molecule has 17 nitrogen and oxygen atoms in total. The van der Waals surface area contributed by atoms with E-state index in [0.29, 0.717) is 25.7 Å². The summed E-state index contributed by atoms with van der Waals surface area (Å²) >= 11 is 0. The Balaban J connectivity index is 5.21. The van der Waals surface area contributed by atoms with Crippen LogP contribution < -0.4 is 0 Å². The van der Waals surface area contributed by atoms with Crippen molar-refractivity contribution in [2.45, 2.75) is 432 Å². The van der Waals surface area contributed by atoms with Crippen molar-refractivity contribution in [2.24, 2.45) is 11.8 Å². The van der Waals surface area contributed by atoms with Gasteiger partial charge >= 0.3 is 39.5 Å². The van der Waals surface area contributed by atoms with Gasteiger partial charge in [0.25, 0.3) is 0 Å². The van der Waals surface area contributed by atoms with E-state index in [1.165, 1.54) is 225 Å².